The zero-order valence-corrected chi connectivity index (χ0v) is 11.3. The van der Waals surface area contributed by atoms with Gasteiger partial charge >= 0.3 is 11.7 Å². The molecular formula is C11H14N4O6. The van der Waals surface area contributed by atoms with E-state index < -0.39 is 17.0 Å². The monoisotopic (exact) mass is 298 g/mol. The largest absolute Gasteiger partial charge is 0.481 e. The Labute approximate surface area is 119 Å². The Balaban J connectivity index is 2.28. The van der Waals surface area contributed by atoms with E-state index in [9.17, 15) is 14.9 Å². The molecule has 2 heterocycles. The second-order valence-electron chi connectivity index (χ2n) is 4.35. The summed E-state index contributed by atoms with van der Waals surface area (Å²) in [6, 6.07) is 0. The smallest absolute Gasteiger partial charge is 0.372 e. The third-order valence-corrected chi connectivity index (χ3v) is 2.99. The minimum absolute atomic E-state index is 0.102. The zero-order valence-electron chi connectivity index (χ0n) is 11.3. The van der Waals surface area contributed by atoms with E-state index in [4.69, 9.17) is 14.6 Å². The van der Waals surface area contributed by atoms with Crippen molar-refractivity contribution in [2.24, 2.45) is 0 Å². The number of aromatic nitrogens is 2. The van der Waals surface area contributed by atoms with E-state index in [1.807, 2.05) is 0 Å². The number of rotatable bonds is 5. The molecule has 114 valence electrons. The van der Waals surface area contributed by atoms with Gasteiger partial charge in [-0.1, -0.05) is 0 Å². The lowest BCUT2D eigenvalue weighted by Crippen LogP contribution is -2.44. The predicted octanol–water partition coefficient (Wildman–Crippen LogP) is 0.0733. The Morgan fingerprint density at radius 3 is 3.05 bits per heavy atom. The Kier molecular flexibility index (Phi) is 4.48. The second kappa shape index (κ2) is 6.31. The number of nitrogens with zero attached hydrogens (tertiary/aromatic N) is 4. The van der Waals surface area contributed by atoms with Crippen molar-refractivity contribution in [3.05, 3.63) is 16.4 Å². The predicted molar refractivity (Wildman–Crippen MR) is 69.4 cm³/mol. The first-order chi connectivity index (χ1) is 10.0. The highest BCUT2D eigenvalue weighted by Crippen LogP contribution is 2.33. The van der Waals surface area contributed by atoms with Gasteiger partial charge in [0.05, 0.1) is 31.2 Å². The molecule has 1 unspecified atom stereocenters. The van der Waals surface area contributed by atoms with Crippen LogP contribution in [0.3, 0.4) is 0 Å². The van der Waals surface area contributed by atoms with Crippen LogP contribution in [-0.2, 0) is 9.53 Å². The van der Waals surface area contributed by atoms with Crippen molar-refractivity contribution in [2.75, 3.05) is 31.7 Å². The molecule has 1 N–H and O–H groups in total. The van der Waals surface area contributed by atoms with Gasteiger partial charge in [-0.3, -0.25) is 14.9 Å². The van der Waals surface area contributed by atoms with Crippen LogP contribution < -0.4 is 9.64 Å². The number of ether oxygens (including phenoxy) is 2. The number of carboxylic acid groups (broad SMARTS) is 1. The number of aliphatic carboxylic acids is 1. The summed E-state index contributed by atoms with van der Waals surface area (Å²) in [4.78, 5) is 30.6. The molecule has 21 heavy (non-hydrogen) atoms. The maximum absolute atomic E-state index is 11.2. The third kappa shape index (κ3) is 3.34. The molecule has 0 spiro atoms. The van der Waals surface area contributed by atoms with Gasteiger partial charge in [-0.2, -0.15) is 4.98 Å². The fourth-order valence-corrected chi connectivity index (χ4v) is 2.12. The van der Waals surface area contributed by atoms with Gasteiger partial charge in [0, 0.05) is 13.1 Å². The summed E-state index contributed by atoms with van der Waals surface area (Å²) in [6.45, 7) is 0.839. The Morgan fingerprint density at radius 2 is 2.43 bits per heavy atom. The van der Waals surface area contributed by atoms with E-state index in [0.29, 0.717) is 6.54 Å². The lowest BCUT2D eigenvalue weighted by molar-refractivity contribution is -0.385. The standard InChI is InChI=1S/C11H14N4O6/c1-20-11-9(15(18)19)10(12-6-13-11)14-2-3-21-7(5-14)4-8(16)17/h6-7H,2-5H2,1H3,(H,16,17). The van der Waals surface area contributed by atoms with Gasteiger partial charge in [0.1, 0.15) is 6.33 Å². The maximum atomic E-state index is 11.2. The number of anilines is 1. The molecule has 1 aromatic rings. The van der Waals surface area contributed by atoms with E-state index in [0.717, 1.165) is 0 Å². The van der Waals surface area contributed by atoms with Gasteiger partial charge < -0.3 is 19.5 Å². The average molecular weight is 298 g/mol. The molecule has 1 aliphatic rings. The number of carboxylic acids is 1. The molecule has 1 aromatic heterocycles. The van der Waals surface area contributed by atoms with E-state index in [2.05, 4.69) is 9.97 Å². The molecule has 0 saturated carbocycles. The van der Waals surface area contributed by atoms with E-state index in [-0.39, 0.29) is 37.0 Å². The van der Waals surface area contributed by atoms with Crippen molar-refractivity contribution in [1.29, 1.82) is 0 Å². The molecule has 10 heteroatoms. The Bertz CT molecular complexity index is 552. The minimum atomic E-state index is -0.989. The molecule has 1 atom stereocenters. The molecule has 0 aliphatic carbocycles. The summed E-state index contributed by atoms with van der Waals surface area (Å²) in [5.74, 6) is -1.02. The van der Waals surface area contributed by atoms with Crippen LogP contribution in [0.1, 0.15) is 6.42 Å². The summed E-state index contributed by atoms with van der Waals surface area (Å²) in [5, 5.41) is 20.0. The number of hydrogen-bond acceptors (Lipinski definition) is 8. The lowest BCUT2D eigenvalue weighted by atomic mass is 10.2. The van der Waals surface area contributed by atoms with Gasteiger partial charge in [0.2, 0.25) is 5.82 Å². The van der Waals surface area contributed by atoms with Gasteiger partial charge in [-0.15, -0.1) is 0 Å². The molecular weight excluding hydrogens is 284 g/mol. The molecule has 0 aromatic carbocycles. The lowest BCUT2D eigenvalue weighted by Gasteiger charge is -2.32. The highest BCUT2D eigenvalue weighted by molar-refractivity contribution is 5.68. The van der Waals surface area contributed by atoms with Crippen molar-refractivity contribution in [3.63, 3.8) is 0 Å². The van der Waals surface area contributed by atoms with Crippen LogP contribution in [0.25, 0.3) is 0 Å². The van der Waals surface area contributed by atoms with Crippen molar-refractivity contribution in [1.82, 2.24) is 9.97 Å². The minimum Gasteiger partial charge on any atom is -0.481 e. The highest BCUT2D eigenvalue weighted by Gasteiger charge is 2.31. The molecule has 0 bridgehead atoms. The van der Waals surface area contributed by atoms with Crippen LogP contribution in [-0.4, -0.2) is 58.9 Å². The first-order valence-corrected chi connectivity index (χ1v) is 6.14. The van der Waals surface area contributed by atoms with E-state index in [1.54, 1.807) is 4.90 Å². The Morgan fingerprint density at radius 1 is 1.67 bits per heavy atom. The van der Waals surface area contributed by atoms with Crippen LogP contribution in [0.15, 0.2) is 6.33 Å². The fourth-order valence-electron chi connectivity index (χ4n) is 2.12. The van der Waals surface area contributed by atoms with Crippen LogP contribution in [0, 0.1) is 10.1 Å². The van der Waals surface area contributed by atoms with Crippen LogP contribution >= 0.6 is 0 Å². The maximum Gasteiger partial charge on any atom is 0.372 e. The molecule has 2 rings (SSSR count). The Hall–Kier alpha value is -2.49. The molecule has 0 radical (unpaired) electrons. The van der Waals surface area contributed by atoms with E-state index >= 15 is 0 Å². The summed E-state index contributed by atoms with van der Waals surface area (Å²) >= 11 is 0. The third-order valence-electron chi connectivity index (χ3n) is 2.99. The zero-order chi connectivity index (χ0) is 15.4. The summed E-state index contributed by atoms with van der Waals surface area (Å²) < 4.78 is 10.2. The van der Waals surface area contributed by atoms with E-state index in [1.165, 1.54) is 13.4 Å². The number of carbonyl (C=O) groups is 1. The quantitative estimate of drug-likeness (QED) is 0.593. The van der Waals surface area contributed by atoms with Crippen molar-refractivity contribution in [2.45, 2.75) is 12.5 Å². The number of methoxy groups -OCH3 is 1. The molecule has 10 nitrogen and oxygen atoms in total. The van der Waals surface area contributed by atoms with Crippen LogP contribution in [0.2, 0.25) is 0 Å². The number of hydrogen-bond donors (Lipinski definition) is 1. The highest BCUT2D eigenvalue weighted by atomic mass is 16.6. The van der Waals surface area contributed by atoms with Gasteiger partial charge in [0.15, 0.2) is 0 Å². The summed E-state index contributed by atoms with van der Waals surface area (Å²) in [6.07, 6.45) is 0.451. The van der Waals surface area contributed by atoms with Crippen LogP contribution in [0.4, 0.5) is 11.5 Å². The molecule has 1 saturated heterocycles. The van der Waals surface area contributed by atoms with Crippen LogP contribution in [0.5, 0.6) is 5.88 Å². The summed E-state index contributed by atoms with van der Waals surface area (Å²) in [5.41, 5.74) is -0.337. The topological polar surface area (TPSA) is 128 Å². The molecule has 1 aliphatic heterocycles. The molecule has 1 fully saturated rings. The molecule has 0 amide bonds. The first-order valence-electron chi connectivity index (χ1n) is 6.14. The fraction of sp³-hybridized carbons (Fsp3) is 0.545. The summed E-state index contributed by atoms with van der Waals surface area (Å²) in [7, 11) is 1.28. The number of morpholine rings is 1. The second-order valence-corrected chi connectivity index (χ2v) is 4.35. The van der Waals surface area contributed by atoms with Crippen molar-refractivity contribution < 1.29 is 24.3 Å². The first kappa shape index (κ1) is 14.9. The van der Waals surface area contributed by atoms with Gasteiger partial charge in [0.25, 0.3) is 5.88 Å². The number of nitro groups is 1. The SMILES string of the molecule is COc1ncnc(N2CCOC(CC(=O)O)C2)c1[N+](=O)[O-]. The van der Waals surface area contributed by atoms with Crippen molar-refractivity contribution >= 4 is 17.5 Å². The van der Waals surface area contributed by atoms with Crippen molar-refractivity contribution in [3.8, 4) is 5.88 Å². The van der Waals surface area contributed by atoms with Gasteiger partial charge in [-0.05, 0) is 0 Å². The normalized spacial score (nSPS) is 18.3. The average Bonchev–Trinajstić information content (AvgIpc) is 2.45. The van der Waals surface area contributed by atoms with Gasteiger partial charge in [-0.25, -0.2) is 4.98 Å².